The molecule has 2 aliphatic heterocycles. The van der Waals surface area contributed by atoms with Crippen LogP contribution >= 0.6 is 0 Å². The lowest BCUT2D eigenvalue weighted by Crippen LogP contribution is -2.43. The van der Waals surface area contributed by atoms with Gasteiger partial charge in [-0.1, -0.05) is 0 Å². The molecule has 3 atom stereocenters. The number of nitrogens with zero attached hydrogens (tertiary/aromatic N) is 1. The van der Waals surface area contributed by atoms with Gasteiger partial charge in [-0.05, 0) is 53.2 Å². The molecule has 100 valence electrons. The fourth-order valence-electron chi connectivity index (χ4n) is 2.55. The molecule has 0 aromatic heterocycles. The van der Waals surface area contributed by atoms with Crippen molar-refractivity contribution in [3.05, 3.63) is 0 Å². The van der Waals surface area contributed by atoms with Crippen molar-refractivity contribution in [1.29, 1.82) is 0 Å². The average molecular weight is 259 g/mol. The number of fused-ring (bicyclic) bond motifs is 2. The fraction of sp³-hybridized carbons (Fsp3) is 1.00. The summed E-state index contributed by atoms with van der Waals surface area (Å²) in [6, 6.07) is 0.964. The van der Waals surface area contributed by atoms with Crippen molar-refractivity contribution in [2.45, 2.75) is 50.9 Å². The molecule has 2 unspecified atom stereocenters. The van der Waals surface area contributed by atoms with Crippen molar-refractivity contribution in [2.75, 3.05) is 27.2 Å². The van der Waals surface area contributed by atoms with E-state index in [0.717, 1.165) is 38.5 Å². The van der Waals surface area contributed by atoms with Crippen LogP contribution in [0.3, 0.4) is 0 Å². The highest BCUT2D eigenvalue weighted by molar-refractivity contribution is 6.61. The molecule has 0 aromatic rings. The molecule has 0 amide bonds. The smallest absolute Gasteiger partial charge is 0.373 e. The number of rotatable bonds is 4. The highest BCUT2D eigenvalue weighted by atomic mass is 28.4. The van der Waals surface area contributed by atoms with Gasteiger partial charge in [-0.3, -0.25) is 0 Å². The molecule has 0 saturated carbocycles. The van der Waals surface area contributed by atoms with Crippen molar-refractivity contribution >= 4 is 8.80 Å². The van der Waals surface area contributed by atoms with Gasteiger partial charge in [0.1, 0.15) is 0 Å². The van der Waals surface area contributed by atoms with Gasteiger partial charge in [-0.15, -0.1) is 0 Å². The zero-order valence-corrected chi connectivity index (χ0v) is 12.3. The summed E-state index contributed by atoms with van der Waals surface area (Å²) in [5.74, 6) is 0. The minimum atomic E-state index is -2.32. The van der Waals surface area contributed by atoms with Crippen molar-refractivity contribution in [2.24, 2.45) is 0 Å². The summed E-state index contributed by atoms with van der Waals surface area (Å²) < 4.78 is 18.2. The Morgan fingerprint density at radius 2 is 2.06 bits per heavy atom. The summed E-state index contributed by atoms with van der Waals surface area (Å²) >= 11 is 0. The van der Waals surface area contributed by atoms with Gasteiger partial charge < -0.3 is 18.2 Å². The van der Waals surface area contributed by atoms with E-state index in [0.29, 0.717) is 0 Å². The van der Waals surface area contributed by atoms with Gasteiger partial charge in [0.15, 0.2) is 0 Å². The molecule has 5 heteroatoms. The van der Waals surface area contributed by atoms with Gasteiger partial charge in [-0.25, -0.2) is 0 Å². The topological polar surface area (TPSA) is 30.9 Å². The van der Waals surface area contributed by atoms with Crippen LogP contribution in [-0.2, 0) is 13.3 Å². The highest BCUT2D eigenvalue weighted by Crippen LogP contribution is 2.34. The molecule has 0 aliphatic carbocycles. The molecule has 2 rings (SSSR count). The maximum absolute atomic E-state index is 6.16. The molecule has 17 heavy (non-hydrogen) atoms. The third-order valence-corrected chi connectivity index (χ3v) is 6.52. The summed E-state index contributed by atoms with van der Waals surface area (Å²) in [4.78, 5) is 2.20. The first-order chi connectivity index (χ1) is 8.11. The molecular weight excluding hydrogens is 234 g/mol. The summed E-state index contributed by atoms with van der Waals surface area (Å²) in [6.07, 6.45) is 5.07. The summed E-state index contributed by atoms with van der Waals surface area (Å²) in [7, 11) is 1.87. The van der Waals surface area contributed by atoms with E-state index >= 15 is 0 Å². The van der Waals surface area contributed by atoms with Gasteiger partial charge in [0.2, 0.25) is 0 Å². The predicted octanol–water partition coefficient (Wildman–Crippen LogP) is 1.88. The zero-order valence-electron chi connectivity index (χ0n) is 11.3. The van der Waals surface area contributed by atoms with Crippen LogP contribution in [-0.4, -0.2) is 53.2 Å². The van der Waals surface area contributed by atoms with E-state index in [2.05, 4.69) is 25.9 Å². The zero-order chi connectivity index (χ0) is 12.3. The Bertz CT molecular complexity index is 252. The van der Waals surface area contributed by atoms with Crippen LogP contribution in [0.1, 0.15) is 32.6 Å². The minimum absolute atomic E-state index is 0.221. The first-order valence-electron chi connectivity index (χ1n) is 6.76. The fourth-order valence-corrected chi connectivity index (χ4v) is 5.66. The quantitative estimate of drug-likeness (QED) is 0.721. The largest absolute Gasteiger partial charge is 0.501 e. The van der Waals surface area contributed by atoms with Crippen molar-refractivity contribution < 1.29 is 13.3 Å². The van der Waals surface area contributed by atoms with Crippen molar-refractivity contribution in [3.63, 3.8) is 0 Å². The van der Waals surface area contributed by atoms with Gasteiger partial charge in [-0.2, -0.15) is 0 Å². The molecule has 4 nitrogen and oxygen atoms in total. The monoisotopic (exact) mass is 259 g/mol. The van der Waals surface area contributed by atoms with E-state index in [1.165, 1.54) is 6.42 Å². The summed E-state index contributed by atoms with van der Waals surface area (Å²) in [5, 5.41) is 0. The Hall–Kier alpha value is 0.0569. The van der Waals surface area contributed by atoms with Crippen LogP contribution in [0.2, 0.25) is 6.04 Å². The van der Waals surface area contributed by atoms with Crippen LogP contribution < -0.4 is 0 Å². The molecule has 2 fully saturated rings. The average Bonchev–Trinajstić information content (AvgIpc) is 2.54. The van der Waals surface area contributed by atoms with Crippen molar-refractivity contribution in [3.8, 4) is 0 Å². The number of hydrogen-bond acceptors (Lipinski definition) is 4. The molecule has 2 saturated heterocycles. The number of hydrogen-bond donors (Lipinski definition) is 0. The molecule has 0 aromatic carbocycles. The lowest BCUT2D eigenvalue weighted by atomic mass is 10.1. The molecule has 2 bridgehead atoms. The van der Waals surface area contributed by atoms with Crippen LogP contribution in [0, 0.1) is 0 Å². The maximum Gasteiger partial charge on any atom is 0.501 e. The third kappa shape index (κ3) is 3.51. The van der Waals surface area contributed by atoms with Crippen LogP contribution in [0.4, 0.5) is 0 Å². The second-order valence-corrected chi connectivity index (χ2v) is 8.04. The first-order valence-corrected chi connectivity index (χ1v) is 8.69. The van der Waals surface area contributed by atoms with Gasteiger partial charge >= 0.3 is 8.80 Å². The SMILES string of the molecule is CC1O[Si]2(CCCN(C)C)OCCCC[C@H]1O2. The standard InChI is InChI=1S/C12H25NO3Si/c1-11-12-7-4-5-9-14-17(15-11,16-12)10-6-8-13(2)3/h11-12H,4-10H2,1-3H3/t11?,12-,17?/m1/s1. The van der Waals surface area contributed by atoms with Crippen LogP contribution in [0.15, 0.2) is 0 Å². The lowest BCUT2D eigenvalue weighted by Gasteiger charge is -2.26. The minimum Gasteiger partial charge on any atom is -0.373 e. The molecule has 2 heterocycles. The Kier molecular flexibility index (Phi) is 4.60. The maximum atomic E-state index is 6.16. The van der Waals surface area contributed by atoms with E-state index in [1.54, 1.807) is 0 Å². The van der Waals surface area contributed by atoms with E-state index < -0.39 is 8.80 Å². The third-order valence-electron chi connectivity index (χ3n) is 3.51. The van der Waals surface area contributed by atoms with Gasteiger partial charge in [0, 0.05) is 12.7 Å². The normalized spacial score (nSPS) is 38.1. The Labute approximate surface area is 106 Å². The van der Waals surface area contributed by atoms with E-state index in [-0.39, 0.29) is 12.2 Å². The van der Waals surface area contributed by atoms with Crippen LogP contribution in [0.5, 0.6) is 0 Å². The lowest BCUT2D eigenvalue weighted by molar-refractivity contribution is 0.104. The van der Waals surface area contributed by atoms with Gasteiger partial charge in [0.25, 0.3) is 0 Å². The van der Waals surface area contributed by atoms with E-state index in [4.69, 9.17) is 13.3 Å². The second kappa shape index (κ2) is 5.80. The highest BCUT2D eigenvalue weighted by Gasteiger charge is 2.52. The van der Waals surface area contributed by atoms with E-state index in [9.17, 15) is 0 Å². The molecule has 2 aliphatic rings. The second-order valence-electron chi connectivity index (χ2n) is 5.41. The summed E-state index contributed by atoms with van der Waals surface area (Å²) in [5.41, 5.74) is 0. The Balaban J connectivity index is 1.91. The predicted molar refractivity (Wildman–Crippen MR) is 69.0 cm³/mol. The van der Waals surface area contributed by atoms with Gasteiger partial charge in [0.05, 0.1) is 12.2 Å². The van der Waals surface area contributed by atoms with E-state index in [1.807, 2.05) is 0 Å². The Morgan fingerprint density at radius 1 is 1.24 bits per heavy atom. The molecule has 0 spiro atoms. The molecule has 0 radical (unpaired) electrons. The van der Waals surface area contributed by atoms with Crippen LogP contribution in [0.25, 0.3) is 0 Å². The van der Waals surface area contributed by atoms with Crippen molar-refractivity contribution in [1.82, 2.24) is 4.90 Å². The first kappa shape index (κ1) is 13.5. The Morgan fingerprint density at radius 3 is 2.82 bits per heavy atom. The molecular formula is C12H25NO3Si. The summed E-state index contributed by atoms with van der Waals surface area (Å²) in [6.45, 7) is 4.01. The molecule has 0 N–H and O–H groups in total.